The molecule has 0 bridgehead atoms. The van der Waals surface area contributed by atoms with Gasteiger partial charge >= 0.3 is 24.3 Å². The van der Waals surface area contributed by atoms with Gasteiger partial charge < -0.3 is 17.3 Å². The Morgan fingerprint density at radius 2 is 1.00 bits per heavy atom. The van der Waals surface area contributed by atoms with Gasteiger partial charge in [0, 0.05) is 0 Å². The summed E-state index contributed by atoms with van der Waals surface area (Å²) in [5.41, 5.74) is 0. The molecule has 0 aromatic heterocycles. The number of hydrogen-bond donors (Lipinski definition) is 0. The largest absolute Gasteiger partial charge is 2.00 e. The van der Waals surface area contributed by atoms with Crippen LogP contribution in [0.15, 0.2) is 12.4 Å². The Morgan fingerprint density at radius 3 is 1.22 bits per heavy atom. The molecule has 2 fully saturated rings. The molecule has 2 aliphatic rings. The first-order valence-electron chi connectivity index (χ1n) is 8.84. The first-order chi connectivity index (χ1) is 12.0. The van der Waals surface area contributed by atoms with Crippen molar-refractivity contribution in [2.24, 2.45) is 0 Å². The maximum Gasteiger partial charge on any atom is 2.00 e. The van der Waals surface area contributed by atoms with Crippen molar-refractivity contribution in [2.75, 3.05) is 37.0 Å². The van der Waals surface area contributed by atoms with Gasteiger partial charge in [0.2, 0.25) is 0 Å². The summed E-state index contributed by atoms with van der Waals surface area (Å²) in [6.45, 7) is 14.9. The van der Waals surface area contributed by atoms with E-state index >= 15 is 0 Å². The molecule has 157 valence electrons. The Balaban J connectivity index is 0. The summed E-state index contributed by atoms with van der Waals surface area (Å²) in [6.07, 6.45) is 8.95. The van der Waals surface area contributed by atoms with Crippen LogP contribution in [0.1, 0.15) is 34.6 Å². The third-order valence-electron chi connectivity index (χ3n) is 4.70. The molecule has 5 radical (unpaired) electrons. The van der Waals surface area contributed by atoms with Crippen molar-refractivity contribution in [1.82, 2.24) is 0 Å². The SMILES string of the molecule is C=CP1CCPCCPCC1.C[C]1[C](C)[C](C)[C](C)[C]1C.F[B-](F)(F)F.[Fe+2]. The molecule has 0 N–H and O–H groups in total. The smallest absolute Gasteiger partial charge is 0.418 e. The van der Waals surface area contributed by atoms with Gasteiger partial charge in [0.05, 0.1) is 0 Å². The number of rotatable bonds is 1. The van der Waals surface area contributed by atoms with Crippen molar-refractivity contribution >= 4 is 32.3 Å². The Kier molecular flexibility index (Phi) is 18.2. The molecule has 1 aliphatic carbocycles. The van der Waals surface area contributed by atoms with E-state index in [-0.39, 0.29) is 25.0 Å². The first kappa shape index (κ1) is 30.5. The first-order valence-corrected chi connectivity index (χ1v) is 13.4. The summed E-state index contributed by atoms with van der Waals surface area (Å²) in [6, 6.07) is 0. The molecule has 0 spiro atoms. The maximum atomic E-state index is 9.75. The van der Waals surface area contributed by atoms with Crippen LogP contribution in [-0.4, -0.2) is 44.2 Å². The molecule has 1 aliphatic heterocycles. The van der Waals surface area contributed by atoms with E-state index in [2.05, 4.69) is 47.0 Å². The van der Waals surface area contributed by atoms with Gasteiger partial charge in [0.1, 0.15) is 0 Å². The fourth-order valence-corrected chi connectivity index (χ4v) is 8.64. The minimum atomic E-state index is -6.00. The molecule has 0 aromatic carbocycles. The van der Waals surface area contributed by atoms with E-state index in [0.717, 1.165) is 0 Å². The second-order valence-corrected chi connectivity index (χ2v) is 11.8. The zero-order valence-electron chi connectivity index (χ0n) is 16.9. The van der Waals surface area contributed by atoms with Crippen LogP contribution in [0.25, 0.3) is 0 Å². The molecule has 1 saturated carbocycles. The summed E-state index contributed by atoms with van der Waals surface area (Å²) < 4.78 is 39.0. The van der Waals surface area contributed by atoms with Gasteiger partial charge in [-0.1, -0.05) is 54.9 Å². The van der Waals surface area contributed by atoms with Crippen LogP contribution < -0.4 is 0 Å². The van der Waals surface area contributed by atoms with Gasteiger partial charge in [-0.25, -0.2) is 0 Å². The number of hydrogen-bond acceptors (Lipinski definition) is 0. The predicted octanol–water partition coefficient (Wildman–Crippen LogP) is 7.25. The Morgan fingerprint density at radius 1 is 0.741 bits per heavy atom. The second kappa shape index (κ2) is 16.1. The zero-order chi connectivity index (χ0) is 20.3. The molecule has 9 heteroatoms. The molecule has 1 heterocycles. The van der Waals surface area contributed by atoms with Crippen LogP contribution in [0.2, 0.25) is 0 Å². The third kappa shape index (κ3) is 14.9. The second-order valence-electron chi connectivity index (χ2n) is 6.34. The van der Waals surface area contributed by atoms with Crippen molar-refractivity contribution in [2.45, 2.75) is 34.6 Å². The quantitative estimate of drug-likeness (QED) is 0.209. The van der Waals surface area contributed by atoms with Gasteiger partial charge in [-0.3, -0.25) is 0 Å². The van der Waals surface area contributed by atoms with Gasteiger partial charge in [-0.15, -0.1) is 17.2 Å². The molecule has 2 unspecified atom stereocenters. The average molecular weight is 484 g/mol. The summed E-state index contributed by atoms with van der Waals surface area (Å²) in [5.74, 6) is 9.57. The predicted molar refractivity (Wildman–Crippen MR) is 118 cm³/mol. The van der Waals surface area contributed by atoms with Gasteiger partial charge in [0.15, 0.2) is 0 Å². The van der Waals surface area contributed by atoms with Crippen molar-refractivity contribution in [3.8, 4) is 0 Å². The molecule has 0 nitrogen and oxygen atoms in total. The standard InChI is InChI=1S/C10H15.C8H17P3.BF4.Fe/c1-6-7(2)9(4)10(5)8(6)3;1-2-11-7-5-9-3-4-10-6-8-11;2-1(3,4)5;/h1-5H3;2,9-10H,1,3-8H2;;/q;;-1;+2. The number of halogens is 4. The van der Waals surface area contributed by atoms with Crippen LogP contribution in [0, 0.1) is 29.6 Å². The van der Waals surface area contributed by atoms with Crippen LogP contribution >= 0.6 is 25.1 Å². The monoisotopic (exact) mass is 484 g/mol. The summed E-state index contributed by atoms with van der Waals surface area (Å²) >= 11 is 0. The fourth-order valence-electron chi connectivity index (χ4n) is 2.57. The molecule has 2 atom stereocenters. The molecule has 1 saturated heterocycles. The summed E-state index contributed by atoms with van der Waals surface area (Å²) in [5, 5.41) is 0. The van der Waals surface area contributed by atoms with Crippen molar-refractivity contribution in [1.29, 1.82) is 0 Å². The Bertz CT molecular complexity index is 327. The van der Waals surface area contributed by atoms with Crippen LogP contribution in [0.3, 0.4) is 0 Å². The van der Waals surface area contributed by atoms with E-state index < -0.39 is 7.25 Å². The van der Waals surface area contributed by atoms with Crippen molar-refractivity contribution in [3.63, 3.8) is 0 Å². The molecule has 2 rings (SSSR count). The van der Waals surface area contributed by atoms with Crippen molar-refractivity contribution < 1.29 is 34.3 Å². The van der Waals surface area contributed by atoms with Crippen molar-refractivity contribution in [3.05, 3.63) is 42.0 Å². The molecular formula is C18H32BF4FeP3+. The topological polar surface area (TPSA) is 0 Å². The van der Waals surface area contributed by atoms with E-state index in [1.54, 1.807) is 0 Å². The average Bonchev–Trinajstić information content (AvgIpc) is 2.82. The summed E-state index contributed by atoms with van der Waals surface area (Å²) in [7, 11) is -3.25. The van der Waals surface area contributed by atoms with E-state index in [9.17, 15) is 17.3 Å². The molecular weight excluding hydrogens is 452 g/mol. The molecule has 0 aromatic rings. The Hall–Kier alpha value is 1.33. The van der Waals surface area contributed by atoms with Gasteiger partial charge in [-0.2, -0.15) is 0 Å². The fraction of sp³-hybridized carbons (Fsp3) is 0.611. The molecule has 0 amide bonds. The van der Waals surface area contributed by atoms with Crippen LogP contribution in [0.5, 0.6) is 0 Å². The minimum absolute atomic E-state index is 0. The maximum absolute atomic E-state index is 9.75. The zero-order valence-corrected chi connectivity index (χ0v) is 20.9. The van der Waals surface area contributed by atoms with Crippen LogP contribution in [-0.2, 0) is 17.1 Å². The van der Waals surface area contributed by atoms with E-state index in [1.165, 1.54) is 83.7 Å². The minimum Gasteiger partial charge on any atom is -0.418 e. The third-order valence-corrected chi connectivity index (χ3v) is 10.6. The van der Waals surface area contributed by atoms with Crippen LogP contribution in [0.4, 0.5) is 17.3 Å². The molecule has 27 heavy (non-hydrogen) atoms. The van der Waals surface area contributed by atoms with Gasteiger partial charge in [0.25, 0.3) is 0 Å². The van der Waals surface area contributed by atoms with Gasteiger partial charge in [-0.05, 0) is 66.6 Å². The van der Waals surface area contributed by atoms with E-state index in [1.807, 2.05) is 0 Å². The van der Waals surface area contributed by atoms with E-state index in [4.69, 9.17) is 0 Å². The summed E-state index contributed by atoms with van der Waals surface area (Å²) in [4.78, 5) is 0. The Labute approximate surface area is 180 Å². The van der Waals surface area contributed by atoms with E-state index in [0.29, 0.717) is 0 Å². The normalized spacial score (nSPS) is 26.0.